The Balaban J connectivity index is 1.46. The molecule has 32 heavy (non-hydrogen) atoms. The maximum atomic E-state index is 12.4. The minimum atomic E-state index is -3.30. The van der Waals surface area contributed by atoms with Gasteiger partial charge >= 0.3 is 0 Å². The zero-order chi connectivity index (χ0) is 22.7. The summed E-state index contributed by atoms with van der Waals surface area (Å²) in [6, 6.07) is 7.78. The Hall–Kier alpha value is -2.20. The highest BCUT2D eigenvalue weighted by Gasteiger charge is 2.26. The zero-order valence-corrected chi connectivity index (χ0v) is 19.9. The number of H-pyrrole nitrogens is 1. The highest BCUT2D eigenvalue weighted by Crippen LogP contribution is 2.31. The third kappa shape index (κ3) is 5.78. The minimum absolute atomic E-state index is 0.0771. The summed E-state index contributed by atoms with van der Waals surface area (Å²) in [5.74, 6) is 0.791. The summed E-state index contributed by atoms with van der Waals surface area (Å²) in [6.45, 7) is 0.502. The fraction of sp³-hybridized carbons (Fsp3) is 0.455. The molecular formula is C22H29ClN6O2S. The Kier molecular flexibility index (Phi) is 6.99. The Morgan fingerprint density at radius 2 is 2.06 bits per heavy atom. The van der Waals surface area contributed by atoms with E-state index in [4.69, 9.17) is 11.6 Å². The number of pyridine rings is 2. The number of hydrogen-bond acceptors (Lipinski definition) is 6. The van der Waals surface area contributed by atoms with Crippen molar-refractivity contribution in [2.75, 3.05) is 31.7 Å². The van der Waals surface area contributed by atoms with Gasteiger partial charge in [-0.25, -0.2) is 23.1 Å². The topological polar surface area (TPSA) is 103 Å². The Labute approximate surface area is 193 Å². The summed E-state index contributed by atoms with van der Waals surface area (Å²) in [6.07, 6.45) is 7.13. The summed E-state index contributed by atoms with van der Waals surface area (Å²) in [7, 11) is 0.438. The van der Waals surface area contributed by atoms with E-state index in [1.54, 1.807) is 6.20 Å². The lowest BCUT2D eigenvalue weighted by molar-refractivity contribution is 0.382. The summed E-state index contributed by atoms with van der Waals surface area (Å²) in [5.41, 5.74) is 2.78. The number of anilines is 1. The monoisotopic (exact) mass is 476 g/mol. The van der Waals surface area contributed by atoms with Crippen molar-refractivity contribution in [3.8, 4) is 11.1 Å². The lowest BCUT2D eigenvalue weighted by atomic mass is 9.91. The molecule has 4 rings (SSSR count). The number of halogens is 1. The van der Waals surface area contributed by atoms with Crippen molar-refractivity contribution in [3.63, 3.8) is 0 Å². The van der Waals surface area contributed by atoms with Crippen molar-refractivity contribution in [1.29, 1.82) is 0 Å². The first-order valence-corrected chi connectivity index (χ1v) is 12.8. The molecule has 1 saturated carbocycles. The molecule has 1 aliphatic carbocycles. The molecule has 2 atom stereocenters. The fourth-order valence-electron chi connectivity index (χ4n) is 4.17. The van der Waals surface area contributed by atoms with Gasteiger partial charge in [0.05, 0.1) is 5.75 Å². The number of fused-ring (bicyclic) bond motifs is 1. The van der Waals surface area contributed by atoms with E-state index in [9.17, 15) is 8.42 Å². The molecule has 0 saturated heterocycles. The van der Waals surface area contributed by atoms with Gasteiger partial charge in [0, 0.05) is 42.0 Å². The van der Waals surface area contributed by atoms with Crippen LogP contribution in [-0.4, -0.2) is 66.7 Å². The van der Waals surface area contributed by atoms with Crippen molar-refractivity contribution in [3.05, 3.63) is 41.8 Å². The Morgan fingerprint density at radius 3 is 2.88 bits per heavy atom. The van der Waals surface area contributed by atoms with Crippen LogP contribution in [0, 0.1) is 0 Å². The number of nitrogens with zero attached hydrogens (tertiary/aromatic N) is 3. The molecule has 1 aliphatic rings. The molecule has 0 bridgehead atoms. The molecule has 0 amide bonds. The minimum Gasteiger partial charge on any atom is -0.367 e. The van der Waals surface area contributed by atoms with Crippen LogP contribution in [0.1, 0.15) is 25.7 Å². The second-order valence-corrected chi connectivity index (χ2v) is 10.9. The molecule has 3 aromatic heterocycles. The predicted molar refractivity (Wildman–Crippen MR) is 129 cm³/mol. The SMILES string of the molecule is CN(C)CCS(=O)(=O)NC1CCCC(Nc2cc(-c3c[nH]c4ncccc34)cc(Cl)n2)C1. The predicted octanol–water partition coefficient (Wildman–Crippen LogP) is 3.48. The third-order valence-electron chi connectivity index (χ3n) is 5.74. The van der Waals surface area contributed by atoms with E-state index in [0.717, 1.165) is 41.4 Å². The van der Waals surface area contributed by atoms with Gasteiger partial charge in [-0.3, -0.25) is 0 Å². The lowest BCUT2D eigenvalue weighted by Gasteiger charge is -2.30. The second kappa shape index (κ2) is 9.74. The molecule has 0 aliphatic heterocycles. The van der Waals surface area contributed by atoms with Crippen molar-refractivity contribution in [2.45, 2.75) is 37.8 Å². The van der Waals surface area contributed by atoms with Crippen LogP contribution in [0.2, 0.25) is 5.15 Å². The maximum Gasteiger partial charge on any atom is 0.213 e. The van der Waals surface area contributed by atoms with E-state index >= 15 is 0 Å². The fourth-order valence-corrected chi connectivity index (χ4v) is 5.83. The van der Waals surface area contributed by atoms with Gasteiger partial charge in [0.1, 0.15) is 16.6 Å². The van der Waals surface area contributed by atoms with Gasteiger partial charge in [0.15, 0.2) is 0 Å². The number of aromatic nitrogens is 3. The second-order valence-electron chi connectivity index (χ2n) is 8.61. The highest BCUT2D eigenvalue weighted by molar-refractivity contribution is 7.89. The molecule has 2 unspecified atom stereocenters. The van der Waals surface area contributed by atoms with Gasteiger partial charge in [-0.1, -0.05) is 11.6 Å². The number of aromatic amines is 1. The molecular weight excluding hydrogens is 448 g/mol. The Bertz CT molecular complexity index is 1180. The van der Waals surface area contributed by atoms with Crippen LogP contribution in [-0.2, 0) is 10.0 Å². The molecule has 172 valence electrons. The molecule has 0 radical (unpaired) electrons. The molecule has 1 fully saturated rings. The maximum absolute atomic E-state index is 12.4. The van der Waals surface area contributed by atoms with Gasteiger partial charge in [-0.05, 0) is 69.6 Å². The Morgan fingerprint density at radius 1 is 1.25 bits per heavy atom. The summed E-state index contributed by atoms with van der Waals surface area (Å²) in [5, 5.41) is 4.90. The quantitative estimate of drug-likeness (QED) is 0.430. The molecule has 3 aromatic rings. The van der Waals surface area contributed by atoms with Gasteiger partial charge < -0.3 is 15.2 Å². The van der Waals surface area contributed by atoms with E-state index in [1.165, 1.54) is 0 Å². The number of hydrogen-bond donors (Lipinski definition) is 3. The number of rotatable bonds is 8. The van der Waals surface area contributed by atoms with Crippen molar-refractivity contribution in [1.82, 2.24) is 24.6 Å². The largest absolute Gasteiger partial charge is 0.367 e. The van der Waals surface area contributed by atoms with Crippen LogP contribution in [0.25, 0.3) is 22.2 Å². The molecule has 0 aromatic carbocycles. The van der Waals surface area contributed by atoms with Crippen LogP contribution in [0.4, 0.5) is 5.82 Å². The van der Waals surface area contributed by atoms with Gasteiger partial charge in [-0.2, -0.15) is 0 Å². The van der Waals surface area contributed by atoms with Crippen LogP contribution in [0.15, 0.2) is 36.7 Å². The number of sulfonamides is 1. The van der Waals surface area contributed by atoms with Gasteiger partial charge in [0.25, 0.3) is 0 Å². The van der Waals surface area contributed by atoms with Crippen LogP contribution < -0.4 is 10.0 Å². The molecule has 3 N–H and O–H groups in total. The van der Waals surface area contributed by atoms with E-state index in [0.29, 0.717) is 23.9 Å². The van der Waals surface area contributed by atoms with Gasteiger partial charge in [-0.15, -0.1) is 0 Å². The first-order valence-electron chi connectivity index (χ1n) is 10.8. The van der Waals surface area contributed by atoms with E-state index in [-0.39, 0.29) is 17.8 Å². The van der Waals surface area contributed by atoms with E-state index in [1.807, 2.05) is 49.5 Å². The molecule has 0 spiro atoms. The van der Waals surface area contributed by atoms with Crippen LogP contribution in [0.3, 0.4) is 0 Å². The normalized spacial score (nSPS) is 19.5. The number of nitrogens with one attached hydrogen (secondary N) is 3. The standard InChI is InChI=1S/C22H29ClN6O2S/c1-29(2)9-10-32(30,31)28-17-6-3-5-16(13-17)26-21-12-15(11-20(23)27-21)19-14-25-22-18(19)7-4-8-24-22/h4,7-8,11-12,14,16-17,28H,3,5-6,9-10,13H2,1-2H3,(H,24,25)(H,26,27). The smallest absolute Gasteiger partial charge is 0.213 e. The zero-order valence-electron chi connectivity index (χ0n) is 18.3. The van der Waals surface area contributed by atoms with Gasteiger partial charge in [0.2, 0.25) is 10.0 Å². The molecule has 3 heterocycles. The lowest BCUT2D eigenvalue weighted by Crippen LogP contribution is -2.43. The summed E-state index contributed by atoms with van der Waals surface area (Å²) < 4.78 is 27.7. The molecule has 10 heteroatoms. The van der Waals surface area contributed by atoms with Crippen molar-refractivity contribution >= 4 is 38.5 Å². The molecule has 8 nitrogen and oxygen atoms in total. The summed E-state index contributed by atoms with van der Waals surface area (Å²) >= 11 is 6.34. The first-order chi connectivity index (χ1) is 15.3. The average molecular weight is 477 g/mol. The highest BCUT2D eigenvalue weighted by atomic mass is 35.5. The van der Waals surface area contributed by atoms with Crippen LogP contribution in [0.5, 0.6) is 0 Å². The van der Waals surface area contributed by atoms with E-state index in [2.05, 4.69) is 25.0 Å². The van der Waals surface area contributed by atoms with Crippen LogP contribution >= 0.6 is 11.6 Å². The third-order valence-corrected chi connectivity index (χ3v) is 7.34. The van der Waals surface area contributed by atoms with E-state index < -0.39 is 10.0 Å². The first kappa shape index (κ1) is 23.0. The summed E-state index contributed by atoms with van der Waals surface area (Å²) in [4.78, 5) is 13.9. The van der Waals surface area contributed by atoms with Crippen molar-refractivity contribution in [2.24, 2.45) is 0 Å². The average Bonchev–Trinajstić information content (AvgIpc) is 3.16. The van der Waals surface area contributed by atoms with Crippen molar-refractivity contribution < 1.29 is 8.42 Å².